The third-order valence-electron chi connectivity index (χ3n) is 5.84. The zero-order valence-corrected chi connectivity index (χ0v) is 24.3. The summed E-state index contributed by atoms with van der Waals surface area (Å²) < 4.78 is 15.6. The van der Waals surface area contributed by atoms with Crippen LogP contribution in [-0.4, -0.2) is 197 Å². The Labute approximate surface area is 242 Å². The van der Waals surface area contributed by atoms with E-state index in [9.17, 15) is 19.2 Å². The number of nitrogens with zero attached hydrogens (tertiary/aromatic N) is 4. The topological polar surface area (TPSA) is 208 Å². The van der Waals surface area contributed by atoms with E-state index in [1.165, 1.54) is 0 Å². The van der Waals surface area contributed by atoms with E-state index < -0.39 is 17.9 Å². The van der Waals surface area contributed by atoms with Gasteiger partial charge in [-0.15, -0.1) is 0 Å². The van der Waals surface area contributed by atoms with Gasteiger partial charge in [-0.05, 0) is 7.05 Å². The SMILES string of the molecule is CNCCOCCOCCOCCN.O=CCN1CCN(CC(=O)O)CCN(CC(=O)O)CCN(CC(=O)O)CC1. The summed E-state index contributed by atoms with van der Waals surface area (Å²) in [5.74, 6) is -2.93. The maximum Gasteiger partial charge on any atom is 0.317 e. The molecule has 16 nitrogen and oxygen atoms in total. The van der Waals surface area contributed by atoms with Crippen LogP contribution < -0.4 is 11.1 Å². The molecule has 0 aromatic rings. The Bertz CT molecular complexity index is 662. The van der Waals surface area contributed by atoms with Crippen LogP contribution in [0.15, 0.2) is 0 Å². The van der Waals surface area contributed by atoms with Crippen molar-refractivity contribution >= 4 is 24.2 Å². The van der Waals surface area contributed by atoms with E-state index in [1.807, 2.05) is 11.9 Å². The van der Waals surface area contributed by atoms with Gasteiger partial charge in [0.2, 0.25) is 0 Å². The highest BCUT2D eigenvalue weighted by atomic mass is 16.5. The van der Waals surface area contributed by atoms with Crippen LogP contribution in [0.1, 0.15) is 0 Å². The summed E-state index contributed by atoms with van der Waals surface area (Å²) in [4.78, 5) is 51.1. The van der Waals surface area contributed by atoms with Crippen molar-refractivity contribution in [3.63, 3.8) is 0 Å². The highest BCUT2D eigenvalue weighted by Crippen LogP contribution is 2.01. The van der Waals surface area contributed by atoms with Crippen LogP contribution in [-0.2, 0) is 33.4 Å². The van der Waals surface area contributed by atoms with Gasteiger partial charge in [0.1, 0.15) is 6.29 Å². The number of aliphatic carboxylic acids is 3. The second-order valence-electron chi connectivity index (χ2n) is 9.21. The predicted molar refractivity (Wildman–Crippen MR) is 150 cm³/mol. The molecule has 0 amide bonds. The van der Waals surface area contributed by atoms with Gasteiger partial charge in [-0.2, -0.15) is 0 Å². The number of hydrogen-bond acceptors (Lipinski definition) is 13. The highest BCUT2D eigenvalue weighted by Gasteiger charge is 2.19. The van der Waals surface area contributed by atoms with Crippen molar-refractivity contribution in [3.05, 3.63) is 0 Å². The van der Waals surface area contributed by atoms with Gasteiger partial charge in [0.15, 0.2) is 0 Å². The van der Waals surface area contributed by atoms with E-state index in [2.05, 4.69) is 5.32 Å². The quantitative estimate of drug-likeness (QED) is 0.0740. The maximum atomic E-state index is 11.1. The first kappa shape index (κ1) is 38.7. The fraction of sp³-hybridized carbons (Fsp3) is 0.840. The Kier molecular flexibility index (Phi) is 25.1. The van der Waals surface area contributed by atoms with Crippen molar-refractivity contribution < 1.29 is 48.7 Å². The molecule has 0 spiro atoms. The lowest BCUT2D eigenvalue weighted by Crippen LogP contribution is -2.48. The third-order valence-corrected chi connectivity index (χ3v) is 5.84. The molecule has 1 fully saturated rings. The van der Waals surface area contributed by atoms with Crippen molar-refractivity contribution in [3.8, 4) is 0 Å². The molecule has 0 unspecified atom stereocenters. The van der Waals surface area contributed by atoms with Crippen molar-refractivity contribution in [2.24, 2.45) is 5.73 Å². The molecule has 0 aliphatic carbocycles. The van der Waals surface area contributed by atoms with Gasteiger partial charge >= 0.3 is 17.9 Å². The number of aldehydes is 1. The van der Waals surface area contributed by atoms with E-state index >= 15 is 0 Å². The molecule has 1 heterocycles. The fourth-order valence-corrected chi connectivity index (χ4v) is 3.71. The number of carboxylic acid groups (broad SMARTS) is 3. The van der Waals surface area contributed by atoms with Gasteiger partial charge in [0.25, 0.3) is 0 Å². The Balaban J connectivity index is 0.000000964. The Morgan fingerprint density at radius 3 is 1.32 bits per heavy atom. The van der Waals surface area contributed by atoms with Gasteiger partial charge in [0.05, 0.1) is 65.8 Å². The molecule has 0 aromatic heterocycles. The summed E-state index contributed by atoms with van der Waals surface area (Å²) in [6.45, 7) is 8.10. The van der Waals surface area contributed by atoms with Gasteiger partial charge in [-0.3, -0.25) is 34.0 Å². The van der Waals surface area contributed by atoms with Crippen LogP contribution in [0, 0.1) is 0 Å². The minimum atomic E-state index is -0.992. The first-order valence-electron chi connectivity index (χ1n) is 13.8. The lowest BCUT2D eigenvalue weighted by Gasteiger charge is -2.32. The zero-order valence-electron chi connectivity index (χ0n) is 24.3. The number of carboxylic acids is 3. The predicted octanol–water partition coefficient (Wildman–Crippen LogP) is -3.13. The number of rotatable bonds is 19. The second kappa shape index (κ2) is 26.6. The molecule has 0 radical (unpaired) electrons. The minimum Gasteiger partial charge on any atom is -0.480 e. The minimum absolute atomic E-state index is 0.166. The molecule has 16 heteroatoms. The van der Waals surface area contributed by atoms with Crippen LogP contribution in [0.25, 0.3) is 0 Å². The molecule has 1 saturated heterocycles. The first-order valence-corrected chi connectivity index (χ1v) is 13.8. The number of nitrogens with two attached hydrogens (primary N) is 1. The summed E-state index contributed by atoms with van der Waals surface area (Å²) >= 11 is 0. The number of likely N-dealkylation sites (N-methyl/N-ethyl adjacent to an activating group) is 1. The largest absolute Gasteiger partial charge is 0.480 e. The molecule has 1 aliphatic rings. The first-order chi connectivity index (χ1) is 19.7. The fourth-order valence-electron chi connectivity index (χ4n) is 3.71. The van der Waals surface area contributed by atoms with Crippen molar-refractivity contribution in [1.82, 2.24) is 24.9 Å². The van der Waals surface area contributed by atoms with Gasteiger partial charge in [-0.25, -0.2) is 0 Å². The van der Waals surface area contributed by atoms with Crippen molar-refractivity contribution in [1.29, 1.82) is 0 Å². The van der Waals surface area contributed by atoms with Gasteiger partial charge < -0.3 is 45.4 Å². The molecule has 41 heavy (non-hydrogen) atoms. The Morgan fingerprint density at radius 1 is 0.659 bits per heavy atom. The molecular weight excluding hydrogens is 544 g/mol. The average molecular weight is 595 g/mol. The maximum absolute atomic E-state index is 11.1. The van der Waals surface area contributed by atoms with Crippen LogP contribution in [0.4, 0.5) is 0 Å². The molecule has 1 rings (SSSR count). The molecule has 0 aromatic carbocycles. The number of nitrogens with one attached hydrogen (secondary N) is 1. The summed E-state index contributed by atoms with van der Waals surface area (Å²) in [5.41, 5.74) is 5.25. The number of carbonyl (C=O) groups is 4. The molecule has 1 aliphatic heterocycles. The smallest absolute Gasteiger partial charge is 0.317 e. The molecule has 240 valence electrons. The van der Waals surface area contributed by atoms with E-state index in [-0.39, 0.29) is 26.2 Å². The summed E-state index contributed by atoms with van der Waals surface area (Å²) in [5, 5.41) is 30.2. The molecule has 0 bridgehead atoms. The number of carbonyl (C=O) groups excluding carboxylic acids is 1. The standard InChI is InChI=1S/C16H28N4O7.C9H22N2O3/c21-10-9-17-1-3-18(11-14(22)23)5-7-20(13-16(26)27)8-6-19(4-2-17)12-15(24)25;1-11-3-5-13-7-9-14-8-6-12-4-2-10/h10H,1-9,11-13H2,(H,22,23)(H,24,25)(H,26,27);11H,2-10H2,1H3. The monoisotopic (exact) mass is 594 g/mol. The van der Waals surface area contributed by atoms with E-state index in [0.29, 0.717) is 91.9 Å². The van der Waals surface area contributed by atoms with Gasteiger partial charge in [0, 0.05) is 65.4 Å². The number of ether oxygens (including phenoxy) is 3. The Morgan fingerprint density at radius 2 is 1.00 bits per heavy atom. The van der Waals surface area contributed by atoms with E-state index in [4.69, 9.17) is 35.3 Å². The summed E-state index contributed by atoms with van der Waals surface area (Å²) in [6, 6.07) is 0. The average Bonchev–Trinajstić information content (AvgIpc) is 2.91. The molecule has 0 saturated carbocycles. The molecule has 0 atom stereocenters. The number of hydrogen-bond donors (Lipinski definition) is 5. The lowest BCUT2D eigenvalue weighted by molar-refractivity contribution is -0.140. The summed E-state index contributed by atoms with van der Waals surface area (Å²) in [7, 11) is 1.90. The van der Waals surface area contributed by atoms with Crippen molar-refractivity contribution in [2.45, 2.75) is 0 Å². The van der Waals surface area contributed by atoms with Crippen LogP contribution >= 0.6 is 0 Å². The van der Waals surface area contributed by atoms with E-state index in [1.54, 1.807) is 14.7 Å². The summed E-state index contributed by atoms with van der Waals surface area (Å²) in [6.07, 6.45) is 0.767. The normalized spacial score (nSPS) is 16.6. The Hall–Kier alpha value is -2.28. The molecular formula is C25H50N6O10. The van der Waals surface area contributed by atoms with Gasteiger partial charge in [-0.1, -0.05) is 0 Å². The lowest BCUT2D eigenvalue weighted by atomic mass is 10.3. The third kappa shape index (κ3) is 25.2. The van der Waals surface area contributed by atoms with Crippen LogP contribution in [0.2, 0.25) is 0 Å². The van der Waals surface area contributed by atoms with Crippen LogP contribution in [0.3, 0.4) is 0 Å². The van der Waals surface area contributed by atoms with E-state index in [0.717, 1.165) is 19.4 Å². The highest BCUT2D eigenvalue weighted by molar-refractivity contribution is 5.69. The van der Waals surface area contributed by atoms with Crippen LogP contribution in [0.5, 0.6) is 0 Å². The molecule has 6 N–H and O–H groups in total. The zero-order chi connectivity index (χ0) is 30.7. The van der Waals surface area contributed by atoms with Crippen molar-refractivity contribution in [2.75, 3.05) is 138 Å². The second-order valence-corrected chi connectivity index (χ2v) is 9.21.